The van der Waals surface area contributed by atoms with E-state index in [1.54, 1.807) is 17.3 Å². The number of carbonyl (C=O) groups excluding carboxylic acids is 4. The maximum Gasteiger partial charge on any atom is 0.265 e. The van der Waals surface area contributed by atoms with Crippen LogP contribution in [0.3, 0.4) is 0 Å². The second-order valence-electron chi connectivity index (χ2n) is 12.9. The Morgan fingerprint density at radius 1 is 1.12 bits per heavy atom. The molecule has 2 aliphatic carbocycles. The predicted octanol–water partition coefficient (Wildman–Crippen LogP) is 1.55. The number of nitrogens with zero attached hydrogens (tertiary/aromatic N) is 3. The average Bonchev–Trinajstić information content (AvgIpc) is 3.30. The molecule has 0 bridgehead atoms. The molecule has 12 heteroatoms. The second-order valence-corrected chi connectivity index (χ2v) is 13.8. The van der Waals surface area contributed by atoms with E-state index >= 15 is 0 Å². The fourth-order valence-corrected chi connectivity index (χ4v) is 7.33. The van der Waals surface area contributed by atoms with E-state index in [4.69, 9.17) is 10.6 Å². The van der Waals surface area contributed by atoms with Gasteiger partial charge in [-0.1, -0.05) is 33.1 Å². The van der Waals surface area contributed by atoms with Gasteiger partial charge >= 0.3 is 0 Å². The smallest absolute Gasteiger partial charge is 0.265 e. The molecule has 4 amide bonds. The maximum atomic E-state index is 13.8. The van der Waals surface area contributed by atoms with Gasteiger partial charge < -0.3 is 19.9 Å². The third-order valence-electron chi connectivity index (χ3n) is 9.54. The third kappa shape index (κ3) is 5.75. The van der Waals surface area contributed by atoms with Crippen LogP contribution in [0, 0.1) is 28.6 Å². The van der Waals surface area contributed by atoms with Gasteiger partial charge in [-0.05, 0) is 37.5 Å². The molecule has 1 aromatic rings. The Hall–Kier alpha value is -2.57. The fraction of sp³-hybridized carbons (Fsp3) is 0.750. The molecular formula is C28H42N6O5S. The van der Waals surface area contributed by atoms with Gasteiger partial charge in [0.2, 0.25) is 11.8 Å². The predicted molar refractivity (Wildman–Crippen MR) is 149 cm³/mol. The van der Waals surface area contributed by atoms with Gasteiger partial charge in [-0.2, -0.15) is 0 Å². The minimum Gasteiger partial charge on any atom is -0.376 e. The number of hydrogen-bond donors (Lipinski definition) is 3. The first-order valence-corrected chi connectivity index (χ1v) is 15.3. The zero-order chi connectivity index (χ0) is 28.7. The number of aromatic nitrogens is 1. The monoisotopic (exact) mass is 574 g/mol. The molecule has 0 unspecified atom stereocenters. The van der Waals surface area contributed by atoms with Gasteiger partial charge in [0.15, 0.2) is 0 Å². The van der Waals surface area contributed by atoms with Crippen molar-refractivity contribution >= 4 is 35.0 Å². The van der Waals surface area contributed by atoms with E-state index in [0.717, 1.165) is 19.3 Å². The number of nitrogens with one attached hydrogen (secondary N) is 2. The third-order valence-corrected chi connectivity index (χ3v) is 10.3. The second kappa shape index (κ2) is 11.4. The molecule has 5 rings (SSSR count). The summed E-state index contributed by atoms with van der Waals surface area (Å²) in [5.74, 6) is 4.44. The lowest BCUT2D eigenvalue weighted by atomic mass is 9.70. The minimum absolute atomic E-state index is 0.00764. The molecule has 0 radical (unpaired) electrons. The molecule has 2 aliphatic heterocycles. The van der Waals surface area contributed by atoms with Gasteiger partial charge in [-0.3, -0.25) is 29.6 Å². The molecule has 2 saturated carbocycles. The number of nitrogens with two attached hydrogens (primary N) is 1. The van der Waals surface area contributed by atoms with E-state index in [9.17, 15) is 19.2 Å². The number of carbonyl (C=O) groups is 4. The summed E-state index contributed by atoms with van der Waals surface area (Å²) in [5.41, 5.74) is 3.21. The van der Waals surface area contributed by atoms with Crippen molar-refractivity contribution in [1.82, 2.24) is 25.5 Å². The summed E-state index contributed by atoms with van der Waals surface area (Å²) in [5, 5.41) is 2.90. The van der Waals surface area contributed by atoms with E-state index < -0.39 is 29.4 Å². The topological polar surface area (TPSA) is 147 Å². The lowest BCUT2D eigenvalue weighted by Gasteiger charge is -2.50. The van der Waals surface area contributed by atoms with Crippen molar-refractivity contribution in [3.05, 3.63) is 16.6 Å². The Bertz CT molecular complexity index is 1110. The summed E-state index contributed by atoms with van der Waals surface area (Å²) < 4.78 is 6.08. The van der Waals surface area contributed by atoms with E-state index in [1.807, 2.05) is 4.90 Å². The van der Waals surface area contributed by atoms with E-state index in [-0.39, 0.29) is 35.6 Å². The van der Waals surface area contributed by atoms with Crippen LogP contribution in [0.4, 0.5) is 0 Å². The van der Waals surface area contributed by atoms with Gasteiger partial charge in [0, 0.05) is 44.1 Å². The molecule has 0 aromatic carbocycles. The van der Waals surface area contributed by atoms with E-state index in [1.165, 1.54) is 36.8 Å². The maximum absolute atomic E-state index is 13.8. The Labute approximate surface area is 239 Å². The molecule has 4 N–H and O–H groups in total. The van der Waals surface area contributed by atoms with Crippen molar-refractivity contribution in [3.8, 4) is 0 Å². The Morgan fingerprint density at radius 3 is 2.40 bits per heavy atom. The van der Waals surface area contributed by atoms with Crippen LogP contribution in [0.15, 0.2) is 11.7 Å². The largest absolute Gasteiger partial charge is 0.376 e. The first kappa shape index (κ1) is 28.9. The number of likely N-dealkylation sites (tertiary alicyclic amines) is 2. The summed E-state index contributed by atoms with van der Waals surface area (Å²) in [7, 11) is 0. The minimum atomic E-state index is -0.977. The molecule has 11 nitrogen and oxygen atoms in total. The van der Waals surface area contributed by atoms with Crippen LogP contribution >= 0.6 is 11.3 Å². The van der Waals surface area contributed by atoms with Crippen LogP contribution in [0.1, 0.15) is 69.0 Å². The Balaban J connectivity index is 1.28. The number of hydrogen-bond acceptors (Lipinski definition) is 8. The molecule has 220 valence electrons. The van der Waals surface area contributed by atoms with E-state index in [2.05, 4.69) is 29.6 Å². The molecule has 2 saturated heterocycles. The summed E-state index contributed by atoms with van der Waals surface area (Å²) in [6, 6.07) is -0.977. The van der Waals surface area contributed by atoms with Gasteiger partial charge in [0.05, 0.1) is 23.7 Å². The number of thiazole rings is 1. The van der Waals surface area contributed by atoms with Gasteiger partial charge in [-0.25, -0.2) is 5.84 Å². The first-order chi connectivity index (χ1) is 19.0. The van der Waals surface area contributed by atoms with Crippen LogP contribution < -0.4 is 16.6 Å². The van der Waals surface area contributed by atoms with Crippen molar-refractivity contribution in [2.75, 3.05) is 32.8 Å². The Morgan fingerprint density at radius 2 is 1.80 bits per heavy atom. The number of amides is 4. The molecule has 4 aliphatic rings. The molecule has 4 atom stereocenters. The molecule has 1 aromatic heterocycles. The Kier molecular flexibility index (Phi) is 8.22. The van der Waals surface area contributed by atoms with Crippen LogP contribution in [-0.2, 0) is 19.1 Å². The highest BCUT2D eigenvalue weighted by Crippen LogP contribution is 2.54. The van der Waals surface area contributed by atoms with Crippen LogP contribution in [0.5, 0.6) is 0 Å². The van der Waals surface area contributed by atoms with Crippen molar-refractivity contribution in [3.63, 3.8) is 0 Å². The lowest BCUT2D eigenvalue weighted by Crippen LogP contribution is -2.65. The fourth-order valence-electron chi connectivity index (χ4n) is 6.74. The molecule has 4 fully saturated rings. The highest BCUT2D eigenvalue weighted by molar-refractivity contribution is 7.11. The summed E-state index contributed by atoms with van der Waals surface area (Å²) in [6.07, 6.45) is 7.64. The zero-order valence-electron chi connectivity index (χ0n) is 23.7. The van der Waals surface area contributed by atoms with Crippen LogP contribution in [-0.4, -0.2) is 83.3 Å². The van der Waals surface area contributed by atoms with Crippen molar-refractivity contribution in [2.45, 2.75) is 71.4 Å². The normalized spacial score (nSPS) is 26.6. The number of rotatable bonds is 9. The van der Waals surface area contributed by atoms with E-state index in [0.29, 0.717) is 37.0 Å². The highest BCUT2D eigenvalue weighted by atomic mass is 32.1. The number of ether oxygens (including phenoxy) is 1. The van der Waals surface area contributed by atoms with Gasteiger partial charge in [0.25, 0.3) is 11.8 Å². The highest BCUT2D eigenvalue weighted by Gasteiger charge is 2.62. The van der Waals surface area contributed by atoms with Crippen molar-refractivity contribution in [2.24, 2.45) is 34.4 Å². The SMILES string of the molecule is C[C@@H](OCC1CCCCC1)[C@H](NC(=O)[C@@H]1CN(C(=O)c2cncs2)CC12CN(C(=O)[C@H]1CC1(C)C)C2)C(=O)NN. The van der Waals surface area contributed by atoms with Gasteiger partial charge in [-0.15, -0.1) is 11.3 Å². The van der Waals surface area contributed by atoms with Crippen LogP contribution in [0.25, 0.3) is 0 Å². The molecule has 40 heavy (non-hydrogen) atoms. The summed E-state index contributed by atoms with van der Waals surface area (Å²) in [4.78, 5) is 60.9. The standard InChI is InChI=1S/C28H42N6O5S/c1-17(39-12-18-7-5-4-6-8-18)22(24(36)32-29)31-23(35)20-11-33(26(38)21-10-30-16-40-21)13-28(20)14-34(15-28)25(37)19-9-27(19,2)3/h10,16-20,22H,4-9,11-15,29H2,1-3H3,(H,31,35)(H,32,36)/t17-,19-,20+,22+/m1/s1. The van der Waals surface area contributed by atoms with Gasteiger partial charge in [0.1, 0.15) is 10.9 Å². The molecule has 3 heterocycles. The number of hydrazine groups is 1. The summed E-state index contributed by atoms with van der Waals surface area (Å²) in [6.45, 7) is 7.86. The quantitative estimate of drug-likeness (QED) is 0.230. The molecule has 1 spiro atoms. The van der Waals surface area contributed by atoms with Crippen molar-refractivity contribution < 1.29 is 23.9 Å². The first-order valence-electron chi connectivity index (χ1n) is 14.4. The zero-order valence-corrected chi connectivity index (χ0v) is 24.5. The lowest BCUT2D eigenvalue weighted by molar-refractivity contribution is -0.152. The summed E-state index contributed by atoms with van der Waals surface area (Å²) >= 11 is 1.26. The molecular weight excluding hydrogens is 532 g/mol. The van der Waals surface area contributed by atoms with Crippen molar-refractivity contribution in [1.29, 1.82) is 0 Å². The average molecular weight is 575 g/mol. The van der Waals surface area contributed by atoms with Crippen LogP contribution in [0.2, 0.25) is 0 Å².